The van der Waals surface area contributed by atoms with Gasteiger partial charge in [-0.3, -0.25) is 102 Å². The Morgan fingerprint density at radius 2 is 0.714 bits per heavy atom. The van der Waals surface area contributed by atoms with E-state index in [0.29, 0.717) is 11.1 Å². The van der Waals surface area contributed by atoms with Crippen LogP contribution in [-0.4, -0.2) is 280 Å². The predicted molar refractivity (Wildman–Crippen MR) is 422 cm³/mol. The Bertz CT molecular complexity index is 3920. The van der Waals surface area contributed by atoms with E-state index >= 15 is 0 Å². The molecule has 33 N–H and O–H groups in total. The maximum atomic E-state index is 13.9. The number of nitrogens with two attached hydrogens (primary N) is 4. The zero-order valence-corrected chi connectivity index (χ0v) is 66.7. The van der Waals surface area contributed by atoms with Crippen LogP contribution in [-0.2, 0) is 104 Å². The minimum Gasteiger partial charge on any atom is -0.508 e. The molecule has 2 rings (SSSR count). The fourth-order valence-corrected chi connectivity index (χ4v) is 10.6. The van der Waals surface area contributed by atoms with Crippen molar-refractivity contribution >= 4 is 137 Å². The van der Waals surface area contributed by atoms with E-state index in [-0.39, 0.29) is 81.4 Å². The van der Waals surface area contributed by atoms with Crippen LogP contribution in [0.15, 0.2) is 48.5 Å². The number of carbonyl (C=O) groups is 19. The van der Waals surface area contributed by atoms with Crippen molar-refractivity contribution in [2.24, 2.45) is 28.9 Å². The minimum absolute atomic E-state index is 0.0154. The third kappa shape index (κ3) is 41.8. The number of hydrogen-bond acceptors (Lipinski definition) is 26. The number of thiol groups is 1. The summed E-state index contributed by atoms with van der Waals surface area (Å²) in [6, 6.07) is -6.95. The molecular weight excluding hydrogens is 1590 g/mol. The van der Waals surface area contributed by atoms with Crippen LogP contribution in [0.4, 0.5) is 0 Å². The van der Waals surface area contributed by atoms with Crippen molar-refractivity contribution < 1.29 is 117 Å². The van der Waals surface area contributed by atoms with Gasteiger partial charge in [0.15, 0.2) is 11.9 Å². The summed E-state index contributed by atoms with van der Waals surface area (Å²) in [5, 5.41) is 105. The molecule has 2 aromatic carbocycles. The number of phenolic OH excluding ortho intramolecular Hbond substituents is 2. The first kappa shape index (κ1) is 102. The summed E-state index contributed by atoms with van der Waals surface area (Å²) in [5.41, 5.74) is 23.0. The van der Waals surface area contributed by atoms with Gasteiger partial charge in [-0.05, 0) is 101 Å². The van der Waals surface area contributed by atoms with Gasteiger partial charge < -0.3 is 144 Å². The second-order valence-corrected chi connectivity index (χ2v) is 27.7. The molecule has 119 heavy (non-hydrogen) atoms. The second-order valence-electron chi connectivity index (χ2n) is 27.3. The number of carboxylic acids is 2. The number of carboxylic acid groups (broad SMARTS) is 2. The first-order chi connectivity index (χ1) is 55.9. The molecule has 0 fully saturated rings. The SMILES string of the molecule is CC(C)C[C@H](N)C(=O)N[C@@H](Cc1ccc(O)cc1)C(=O)N[C@@H](CCCNC(=N)N)C(=O)N[C@@H](C)C(=O)NCC(=O)N[C@@H](C)C(=O)NCC(=O)NCC(=O)NCC(=O)NCC(=O)N[C@@H](CC(=O)O)C(=O)N[C@@H](CS)C(=O)N[C@@H](CCCNC(=N)N)C(=O)N[C@@H](C)C(=O)N[C@@H](CCC(=O)O)C(=O)N[C@@H](Cc1ccc(O)cc1)C(=O)N[C@@H](CO)C(N)=O. The van der Waals surface area contributed by atoms with Crippen LogP contribution in [0.2, 0.25) is 0 Å². The quantitative estimate of drug-likeness (QED) is 0.0127. The lowest BCUT2D eigenvalue weighted by Gasteiger charge is -2.26. The highest BCUT2D eigenvalue weighted by Gasteiger charge is 2.36. The van der Waals surface area contributed by atoms with E-state index < -0.39 is 255 Å². The van der Waals surface area contributed by atoms with Crippen molar-refractivity contribution in [1.29, 1.82) is 10.8 Å². The molecule has 0 aromatic heterocycles. The smallest absolute Gasteiger partial charge is 0.305 e. The highest BCUT2D eigenvalue weighted by molar-refractivity contribution is 7.80. The molecule has 658 valence electrons. The zero-order valence-electron chi connectivity index (χ0n) is 65.8. The number of aromatic hydroxyl groups is 2. The average Bonchev–Trinajstić information content (AvgIpc) is 0.860. The van der Waals surface area contributed by atoms with Crippen LogP contribution in [0.3, 0.4) is 0 Å². The lowest BCUT2D eigenvalue weighted by Crippen LogP contribution is -2.60. The Morgan fingerprint density at radius 1 is 0.378 bits per heavy atom. The molecule has 0 unspecified atom stereocenters. The largest absolute Gasteiger partial charge is 0.508 e. The van der Waals surface area contributed by atoms with Crippen LogP contribution in [0.1, 0.15) is 97.1 Å². The van der Waals surface area contributed by atoms with Gasteiger partial charge in [0.25, 0.3) is 0 Å². The number of nitrogens with one attached hydrogen (secondary N) is 20. The Balaban J connectivity index is 1.99. The molecule has 0 aliphatic carbocycles. The lowest BCUT2D eigenvalue weighted by atomic mass is 10.0. The monoisotopic (exact) mass is 1700 g/mol. The molecule has 17 amide bonds. The molecule has 49 heteroatoms. The molecule has 0 radical (unpaired) electrons. The topological polar surface area (TPSA) is 794 Å². The molecule has 0 heterocycles. The van der Waals surface area contributed by atoms with E-state index in [1.165, 1.54) is 62.4 Å². The number of guanidine groups is 2. The standard InChI is InChI=1S/C70H108N24O24S/c1-33(2)22-41(71)61(111)91-45(23-37-10-14-39(96)15-11-37)65(115)89-42(8-6-20-77-69(73)74)62(112)85-35(4)59(109)83-30-53(101)84-34(3)58(108)82-28-52(100)80-26-50(98)79-27-51(99)81-29-54(102)87-47(25-56(105)106)67(117)94-49(32-119)68(118)90-43(9-7-21-78-70(75)76)63(113)86-36(5)60(110)88-44(18-19-55(103)104)64(114)92-46(24-38-12-16-40(97)17-13-38)66(116)93-48(31-95)57(72)107/h10-17,33-36,41-49,95-97,119H,6-9,18-32,71H2,1-5H3,(H2,72,107)(H,79,98)(H,80,100)(H,81,99)(H,82,108)(H,83,109)(H,84,101)(H,85,112)(H,86,113)(H,87,102)(H,88,110)(H,89,115)(H,90,118)(H,91,111)(H,92,114)(H,93,116)(H,94,117)(H,103,104)(H,105,106)(H4,73,74,77)(H4,75,76,78)/t34-,35-,36-,41-,42-,43-,44-,45-,46-,47-,48-,49-/m0/s1. The molecule has 2 aromatic rings. The van der Waals surface area contributed by atoms with E-state index in [4.69, 9.17) is 33.8 Å². The van der Waals surface area contributed by atoms with Gasteiger partial charge in [0.05, 0.1) is 51.8 Å². The van der Waals surface area contributed by atoms with Gasteiger partial charge in [-0.15, -0.1) is 0 Å². The van der Waals surface area contributed by atoms with E-state index in [0.717, 1.165) is 6.92 Å². The van der Waals surface area contributed by atoms with Gasteiger partial charge in [0.2, 0.25) is 100 Å². The van der Waals surface area contributed by atoms with Crippen molar-refractivity contribution in [3.8, 4) is 11.5 Å². The predicted octanol–water partition coefficient (Wildman–Crippen LogP) is -11.5. The summed E-state index contributed by atoms with van der Waals surface area (Å²) in [7, 11) is 0. The van der Waals surface area contributed by atoms with Crippen LogP contribution < -0.4 is 119 Å². The number of aliphatic hydroxyl groups is 1. The molecule has 12 atom stereocenters. The van der Waals surface area contributed by atoms with Crippen LogP contribution in [0, 0.1) is 16.7 Å². The van der Waals surface area contributed by atoms with Crippen molar-refractivity contribution in [3.63, 3.8) is 0 Å². The minimum atomic E-state index is -1.95. The van der Waals surface area contributed by atoms with Gasteiger partial charge in [-0.2, -0.15) is 12.6 Å². The fourth-order valence-electron chi connectivity index (χ4n) is 10.4. The van der Waals surface area contributed by atoms with Crippen molar-refractivity contribution in [2.75, 3.05) is 58.2 Å². The first-order valence-corrected chi connectivity index (χ1v) is 37.6. The van der Waals surface area contributed by atoms with Gasteiger partial charge in [-0.25, -0.2) is 0 Å². The Hall–Kier alpha value is -13.2. The number of aliphatic hydroxyl groups excluding tert-OH is 1. The Kier molecular flexibility index (Phi) is 45.5. The van der Waals surface area contributed by atoms with E-state index in [2.05, 4.69) is 108 Å². The summed E-state index contributed by atoms with van der Waals surface area (Å²) >= 11 is 4.10. The number of amides is 17. The van der Waals surface area contributed by atoms with Crippen LogP contribution in [0.25, 0.3) is 0 Å². The average molecular weight is 1700 g/mol. The van der Waals surface area contributed by atoms with Gasteiger partial charge in [0, 0.05) is 38.1 Å². The number of benzene rings is 2. The highest BCUT2D eigenvalue weighted by Crippen LogP contribution is 2.15. The second kappa shape index (κ2) is 53.1. The third-order valence-electron chi connectivity index (χ3n) is 16.7. The van der Waals surface area contributed by atoms with E-state index in [1.54, 1.807) is 0 Å². The highest BCUT2D eigenvalue weighted by atomic mass is 32.1. The lowest BCUT2D eigenvalue weighted by molar-refractivity contribution is -0.141. The fraction of sp³-hybridized carbons (Fsp3) is 0.529. The summed E-state index contributed by atoms with van der Waals surface area (Å²) in [5.74, 6) is -21.7. The van der Waals surface area contributed by atoms with Crippen LogP contribution in [0.5, 0.6) is 11.5 Å². The molecular formula is C70H108N24O24S. The van der Waals surface area contributed by atoms with Gasteiger partial charge in [-0.1, -0.05) is 38.1 Å². The summed E-state index contributed by atoms with van der Waals surface area (Å²) in [6.45, 7) is 2.44. The first-order valence-electron chi connectivity index (χ1n) is 37.0. The van der Waals surface area contributed by atoms with Gasteiger partial charge in [0.1, 0.15) is 78.0 Å². The number of hydrogen-bond donors (Lipinski definition) is 30. The third-order valence-corrected chi connectivity index (χ3v) is 17.1. The number of rotatable bonds is 54. The van der Waals surface area contributed by atoms with Gasteiger partial charge >= 0.3 is 11.9 Å². The molecule has 0 spiro atoms. The number of carbonyl (C=O) groups excluding carboxylic acids is 17. The molecule has 0 saturated heterocycles. The molecule has 0 aliphatic rings. The molecule has 0 saturated carbocycles. The Labute approximate surface area is 686 Å². The number of aliphatic carboxylic acids is 2. The maximum Gasteiger partial charge on any atom is 0.305 e. The molecule has 48 nitrogen and oxygen atoms in total. The molecule has 0 bridgehead atoms. The summed E-state index contributed by atoms with van der Waals surface area (Å²) in [6.07, 6.45) is -2.76. The number of phenols is 2. The number of primary amides is 1. The normalized spacial score (nSPS) is 13.8. The maximum absolute atomic E-state index is 13.9. The van der Waals surface area contributed by atoms with E-state index in [1.807, 2.05) is 13.8 Å². The molecule has 0 aliphatic heterocycles. The zero-order chi connectivity index (χ0) is 89.8. The van der Waals surface area contributed by atoms with Crippen LogP contribution >= 0.6 is 12.6 Å². The van der Waals surface area contributed by atoms with Crippen molar-refractivity contribution in [2.45, 2.75) is 171 Å². The van der Waals surface area contributed by atoms with Crippen molar-refractivity contribution in [1.82, 2.24) is 95.7 Å². The van der Waals surface area contributed by atoms with E-state index in [9.17, 15) is 117 Å². The Morgan fingerprint density at radius 3 is 1.13 bits per heavy atom. The summed E-state index contributed by atoms with van der Waals surface area (Å²) < 4.78 is 0. The van der Waals surface area contributed by atoms with Crippen molar-refractivity contribution in [3.05, 3.63) is 59.7 Å². The summed E-state index contributed by atoms with van der Waals surface area (Å²) in [4.78, 5) is 248.